The Kier molecular flexibility index (Phi) is 16.4. The molecule has 2 amide bonds. The molecule has 12 nitrogen and oxygen atoms in total. The summed E-state index contributed by atoms with van der Waals surface area (Å²) in [6.07, 6.45) is 2.81. The number of nitrogens with zero attached hydrogens (tertiary/aromatic N) is 4. The molecular weight excluding hydrogens is 853 g/mol. The van der Waals surface area contributed by atoms with Crippen molar-refractivity contribution in [1.82, 2.24) is 29.7 Å². The number of imidazole rings is 2. The first-order valence-corrected chi connectivity index (χ1v) is 23.6. The van der Waals surface area contributed by atoms with E-state index in [1.165, 1.54) is 0 Å². The van der Waals surface area contributed by atoms with Gasteiger partial charge in [-0.1, -0.05) is 151 Å². The molecule has 0 saturated heterocycles. The fraction of sp³-hybridized carbons (Fsp3) is 0.429. The maximum Gasteiger partial charge on any atom is 0.411 e. The monoisotopic (exact) mass is 925 g/mol. The topological polar surface area (TPSA) is 135 Å². The van der Waals surface area contributed by atoms with Gasteiger partial charge in [0.15, 0.2) is 0 Å². The first-order chi connectivity index (χ1) is 32.1. The molecule has 2 aromatic heterocycles. The second kappa shape index (κ2) is 21.8. The lowest BCUT2D eigenvalue weighted by Crippen LogP contribution is -2.45. The molecule has 0 radical (unpaired) electrons. The standard InChI is InChI=1S/C56H72N6O6/c1-53(2,3)47(61(51(63)67-55(7,8)9)31-33-65-37-39-19-15-13-16-20-39)49-57-35-45(59-49)43-27-23-41(24-28-43)42-25-29-44(30-26-42)46-36-58-50(60-46)48(54(4,5)6)62(52(64)68-56(10,11)12)32-34-66-38-40-21-17-14-18-22-40/h13-30,35-36,47-48H,31-34,37-38H2,1-12H3,(H,57,59)(H,58,60). The molecule has 2 heterocycles. The predicted octanol–water partition coefficient (Wildman–Crippen LogP) is 13.2. The number of hydrogen-bond donors (Lipinski definition) is 2. The zero-order valence-electron chi connectivity index (χ0n) is 42.2. The molecule has 0 aliphatic heterocycles. The third-order valence-corrected chi connectivity index (χ3v) is 11.1. The van der Waals surface area contributed by atoms with Crippen LogP contribution in [0.4, 0.5) is 9.59 Å². The van der Waals surface area contributed by atoms with Gasteiger partial charge in [-0.2, -0.15) is 0 Å². The number of nitrogens with one attached hydrogen (secondary N) is 2. The summed E-state index contributed by atoms with van der Waals surface area (Å²) < 4.78 is 24.0. The van der Waals surface area contributed by atoms with Crippen molar-refractivity contribution in [3.8, 4) is 33.6 Å². The van der Waals surface area contributed by atoms with Crippen LogP contribution < -0.4 is 0 Å². The Hall–Kier alpha value is -6.24. The van der Waals surface area contributed by atoms with Gasteiger partial charge in [-0.3, -0.25) is 9.80 Å². The van der Waals surface area contributed by atoms with E-state index in [2.05, 4.69) is 100 Å². The van der Waals surface area contributed by atoms with Crippen molar-refractivity contribution in [2.24, 2.45) is 10.8 Å². The van der Waals surface area contributed by atoms with Crippen LogP contribution in [0.3, 0.4) is 0 Å². The molecule has 2 N–H and O–H groups in total. The highest BCUT2D eigenvalue weighted by molar-refractivity contribution is 5.72. The molecule has 362 valence electrons. The van der Waals surface area contributed by atoms with Crippen LogP contribution in [0.25, 0.3) is 33.6 Å². The van der Waals surface area contributed by atoms with Gasteiger partial charge < -0.3 is 28.9 Å². The molecule has 0 spiro atoms. The molecule has 0 aliphatic carbocycles. The third-order valence-electron chi connectivity index (χ3n) is 11.1. The van der Waals surface area contributed by atoms with Gasteiger partial charge in [0.1, 0.15) is 22.9 Å². The van der Waals surface area contributed by atoms with E-state index in [1.54, 1.807) is 9.80 Å². The van der Waals surface area contributed by atoms with Crippen LogP contribution in [0.15, 0.2) is 122 Å². The molecule has 0 aliphatic rings. The summed E-state index contributed by atoms with van der Waals surface area (Å²) in [7, 11) is 0. The van der Waals surface area contributed by atoms with E-state index >= 15 is 0 Å². The normalized spacial score (nSPS) is 13.2. The Labute approximate surface area is 403 Å². The average Bonchev–Trinajstić information content (AvgIpc) is 3.95. The zero-order chi connectivity index (χ0) is 49.3. The van der Waals surface area contributed by atoms with Crippen molar-refractivity contribution in [3.05, 3.63) is 144 Å². The highest BCUT2D eigenvalue weighted by atomic mass is 16.6. The van der Waals surface area contributed by atoms with E-state index < -0.39 is 46.3 Å². The second-order valence-corrected chi connectivity index (χ2v) is 21.5. The number of carbonyl (C=O) groups is 2. The van der Waals surface area contributed by atoms with Crippen LogP contribution in [-0.2, 0) is 32.2 Å². The molecule has 2 unspecified atom stereocenters. The minimum atomic E-state index is -0.677. The van der Waals surface area contributed by atoms with Gasteiger partial charge in [-0.05, 0) is 85.8 Å². The SMILES string of the molecule is CC(C)(C)OC(=O)N(CCOCc1ccccc1)C(c1ncc(-c2ccc(-c3ccc(-c4cnc(C(N(CCOCc5ccccc5)C(=O)OC(C)(C)C)C(C)(C)C)[nH]4)cc3)cc2)[nH]1)C(C)(C)C. The maximum atomic E-state index is 13.8. The van der Waals surface area contributed by atoms with Crippen molar-refractivity contribution >= 4 is 12.2 Å². The molecule has 0 fully saturated rings. The van der Waals surface area contributed by atoms with E-state index in [0.29, 0.717) is 51.2 Å². The lowest BCUT2D eigenvalue weighted by molar-refractivity contribution is -0.0111. The Bertz CT molecular complexity index is 2330. The minimum Gasteiger partial charge on any atom is -0.444 e. The van der Waals surface area contributed by atoms with Crippen molar-refractivity contribution < 1.29 is 28.5 Å². The summed E-state index contributed by atoms with van der Waals surface area (Å²) in [4.78, 5) is 48.0. The minimum absolute atomic E-state index is 0.324. The van der Waals surface area contributed by atoms with Crippen LogP contribution in [-0.4, -0.2) is 79.4 Å². The Morgan fingerprint density at radius 3 is 1.12 bits per heavy atom. The summed E-state index contributed by atoms with van der Waals surface area (Å²) in [5.74, 6) is 1.34. The van der Waals surface area contributed by atoms with Crippen molar-refractivity contribution in [1.29, 1.82) is 0 Å². The summed E-state index contributed by atoms with van der Waals surface area (Å²) in [6, 6.07) is 35.8. The van der Waals surface area contributed by atoms with Gasteiger partial charge in [-0.15, -0.1) is 0 Å². The predicted molar refractivity (Wildman–Crippen MR) is 270 cm³/mol. The number of aromatic amines is 2. The Balaban J connectivity index is 1.17. The number of ether oxygens (including phenoxy) is 4. The van der Waals surface area contributed by atoms with E-state index in [1.807, 2.05) is 115 Å². The number of H-pyrrole nitrogens is 2. The molecule has 4 aromatic carbocycles. The van der Waals surface area contributed by atoms with Crippen LogP contribution >= 0.6 is 0 Å². The van der Waals surface area contributed by atoms with Gasteiger partial charge in [0.2, 0.25) is 0 Å². The summed E-state index contributed by atoms with van der Waals surface area (Å²) >= 11 is 0. The molecule has 2 atom stereocenters. The first-order valence-electron chi connectivity index (χ1n) is 23.6. The lowest BCUT2D eigenvalue weighted by atomic mass is 9.85. The second-order valence-electron chi connectivity index (χ2n) is 21.5. The quantitative estimate of drug-likeness (QED) is 0.0864. The van der Waals surface area contributed by atoms with Crippen molar-refractivity contribution in [3.63, 3.8) is 0 Å². The van der Waals surface area contributed by atoms with Crippen molar-refractivity contribution in [2.75, 3.05) is 26.3 Å². The first kappa shape index (κ1) is 51.2. The number of hydrogen-bond acceptors (Lipinski definition) is 8. The maximum absolute atomic E-state index is 13.8. The molecule has 68 heavy (non-hydrogen) atoms. The van der Waals surface area contributed by atoms with E-state index in [-0.39, 0.29) is 0 Å². The summed E-state index contributed by atoms with van der Waals surface area (Å²) in [6.45, 7) is 26.0. The zero-order valence-corrected chi connectivity index (χ0v) is 42.2. The molecule has 6 aromatic rings. The Morgan fingerprint density at radius 1 is 0.485 bits per heavy atom. The smallest absolute Gasteiger partial charge is 0.411 e. The molecule has 6 rings (SSSR count). The van der Waals surface area contributed by atoms with Gasteiger partial charge in [0.05, 0.1) is 62.3 Å². The van der Waals surface area contributed by atoms with Crippen LogP contribution in [0.5, 0.6) is 0 Å². The number of amides is 2. The molecule has 12 heteroatoms. The number of carbonyl (C=O) groups excluding carboxylic acids is 2. The highest BCUT2D eigenvalue weighted by Crippen LogP contribution is 2.40. The van der Waals surface area contributed by atoms with Gasteiger partial charge in [0.25, 0.3) is 0 Å². The van der Waals surface area contributed by atoms with Gasteiger partial charge >= 0.3 is 12.2 Å². The average molecular weight is 925 g/mol. The van der Waals surface area contributed by atoms with Crippen LogP contribution in [0.2, 0.25) is 0 Å². The highest BCUT2D eigenvalue weighted by Gasteiger charge is 2.40. The largest absolute Gasteiger partial charge is 0.444 e. The number of benzene rings is 4. The fourth-order valence-corrected chi connectivity index (χ4v) is 8.13. The summed E-state index contributed by atoms with van der Waals surface area (Å²) in [5.41, 5.74) is 5.72. The number of aromatic nitrogens is 4. The molecule has 0 bridgehead atoms. The fourth-order valence-electron chi connectivity index (χ4n) is 8.13. The van der Waals surface area contributed by atoms with Crippen molar-refractivity contribution in [2.45, 2.75) is 120 Å². The van der Waals surface area contributed by atoms with Crippen LogP contribution in [0, 0.1) is 10.8 Å². The molecular formula is C56H72N6O6. The molecule has 0 saturated carbocycles. The lowest BCUT2D eigenvalue weighted by Gasteiger charge is -2.39. The van der Waals surface area contributed by atoms with Gasteiger partial charge in [-0.25, -0.2) is 19.6 Å². The third kappa shape index (κ3) is 14.4. The summed E-state index contributed by atoms with van der Waals surface area (Å²) in [5, 5.41) is 0. The van der Waals surface area contributed by atoms with E-state index in [0.717, 1.165) is 44.8 Å². The van der Waals surface area contributed by atoms with Gasteiger partial charge in [0, 0.05) is 13.1 Å². The Morgan fingerprint density at radius 2 is 0.809 bits per heavy atom. The van der Waals surface area contributed by atoms with Crippen LogP contribution in [0.1, 0.15) is 118 Å². The number of rotatable bonds is 17. The van der Waals surface area contributed by atoms with E-state index in [4.69, 9.17) is 28.9 Å². The van der Waals surface area contributed by atoms with E-state index in [9.17, 15) is 9.59 Å².